The van der Waals surface area contributed by atoms with Crippen LogP contribution < -0.4 is 0 Å². The lowest BCUT2D eigenvalue weighted by Crippen LogP contribution is -2.28. The Morgan fingerprint density at radius 1 is 0.121 bits per heavy atom. The van der Waals surface area contributed by atoms with Crippen molar-refractivity contribution in [1.29, 1.82) is 0 Å². The van der Waals surface area contributed by atoms with Crippen LogP contribution in [-0.2, 0) is 54.1 Å². The van der Waals surface area contributed by atoms with E-state index >= 15 is 0 Å². The van der Waals surface area contributed by atoms with Crippen molar-refractivity contribution in [3.63, 3.8) is 0 Å². The molecule has 0 aromatic heterocycles. The molecule has 0 amide bonds. The van der Waals surface area contributed by atoms with Crippen molar-refractivity contribution in [3.05, 3.63) is 247 Å². The molecule has 0 heterocycles. The zero-order valence-corrected chi connectivity index (χ0v) is 83.2. The van der Waals surface area contributed by atoms with Crippen LogP contribution in [-0.4, -0.2) is 0 Å². The van der Waals surface area contributed by atoms with E-state index in [4.69, 9.17) is 0 Å². The maximum absolute atomic E-state index is 2.92. The highest BCUT2D eigenvalue weighted by molar-refractivity contribution is 6.64. The Labute approximate surface area is 773 Å². The molecule has 132 heavy (non-hydrogen) atoms. The Bertz CT molecular complexity index is 9270. The van der Waals surface area contributed by atoms with Gasteiger partial charge in [0.1, 0.15) is 0 Å². The molecule has 2 atom stereocenters. The summed E-state index contributed by atoms with van der Waals surface area (Å²) in [6.45, 7) is 74.2. The average Bonchev–Trinajstić information content (AvgIpc) is 0.635. The fourth-order valence-corrected chi connectivity index (χ4v) is 28.2. The molecule has 0 radical (unpaired) electrons. The van der Waals surface area contributed by atoms with Gasteiger partial charge in [0.2, 0.25) is 0 Å². The molecule has 0 fully saturated rings. The van der Waals surface area contributed by atoms with Gasteiger partial charge in [-0.25, -0.2) is 0 Å². The number of hydrogen-bond acceptors (Lipinski definition) is 0. The molecule has 0 saturated carbocycles. The quantitative estimate of drug-likeness (QED) is 0.105. The number of rotatable bonds is 0. The van der Waals surface area contributed by atoms with E-state index in [2.05, 4.69) is 365 Å². The summed E-state index contributed by atoms with van der Waals surface area (Å²) in [6.07, 6.45) is 0. The van der Waals surface area contributed by atoms with Crippen LogP contribution in [0.3, 0.4) is 0 Å². The number of hydrogen-bond donors (Lipinski definition) is 0. The summed E-state index contributed by atoms with van der Waals surface area (Å²) < 4.78 is 0. The highest BCUT2D eigenvalue weighted by Crippen LogP contribution is 2.71. The molecule has 3 aliphatic rings. The van der Waals surface area contributed by atoms with Crippen LogP contribution in [0.4, 0.5) is 0 Å². The Morgan fingerprint density at radius 2 is 0.242 bits per heavy atom. The van der Waals surface area contributed by atoms with E-state index in [1.165, 1.54) is 348 Å². The first kappa shape index (κ1) is 77.9. The van der Waals surface area contributed by atoms with Gasteiger partial charge in [-0.3, -0.25) is 0 Å². The molecule has 0 heteroatoms. The van der Waals surface area contributed by atoms with Gasteiger partial charge in [-0.15, -0.1) is 0 Å². The second-order valence-corrected chi connectivity index (χ2v) is 53.3. The molecule has 646 valence electrons. The van der Waals surface area contributed by atoms with Crippen molar-refractivity contribution in [1.82, 2.24) is 0 Å². The second kappa shape index (κ2) is 22.5. The van der Waals surface area contributed by atoms with Gasteiger partial charge in [-0.1, -0.05) is 232 Å². The SMILES string of the molecule is CC(C)(C)c1cc2c3cc(C(C)(C)C)cc4c5cc(C(C)(C)C)cc6c7cc8c(c9c%10cc(C(C)(C)C)cc%11c%12cc(C(C)(C)C)cc%13c(c1)c2c1c(c34)c(c56)c(c79)c(c%11%10)c1c%13%12)C1c2ccccc2C8c2c1cc1c3cc(C(C)(C)C)cc4c5cc(C(C)(C)C)cc6c7cc(C(C)(C)C)cc8c9cc(C(C)(C)C)cc%10c%11cc(C(C)(C)C)cc%12c2c1c1c(c43)c(c65)c(c78)c(c9%10)c1c%11%12. The zero-order valence-electron chi connectivity index (χ0n) is 83.2. The number of benzene rings is 27. The van der Waals surface area contributed by atoms with Crippen LogP contribution in [0.1, 0.15) is 309 Å². The predicted octanol–water partition coefficient (Wildman–Crippen LogP) is 38.6. The topological polar surface area (TPSA) is 0 Å². The predicted molar refractivity (Wildman–Crippen MR) is 583 cm³/mol. The Hall–Kier alpha value is -11.7. The van der Waals surface area contributed by atoms with Crippen molar-refractivity contribution in [3.8, 4) is 0 Å². The standard InChI is InChI=1S/C132H118/c1-123(2,3)57-35-69-73-39-59(125(7,8)9)41-77-79-45-63(129(19,20)21)49-85-87-55-91-94-68-34-32-31-33-67(68)93(107(91)109-89-53-65(131(25,26)27)51-83-81-47-61(127(13,14)15)43-75-71(37-57)95(69)111-113(97(73)77)117(101(79)85)121(105(87)109)119(103(83)89)115(111)99(75)81)92-56-88-86-50-64(130(22,23)24)46-80-78-42-60(126(10,11)12)40-74-70-36-58(124(4,5)6)38-72-76-44-62(128(16,17)18)48-82-84-52-66(132(28,29)30)54-90-104(84)120-116(100(76)82)112(96(70)72)114(98(74)78)118(102(80)86)122(120)106(88)110(90)108(92)94/h31-56,93-94H,1-30H3. The fraction of sp³-hybridized carbons (Fsp3) is 0.318. The largest absolute Gasteiger partial charge is 0.0619 e. The van der Waals surface area contributed by atoms with E-state index < -0.39 is 0 Å². The smallest absolute Gasteiger partial charge is 0.0356 e. The van der Waals surface area contributed by atoms with Crippen LogP contribution in [0.15, 0.2) is 158 Å². The molecule has 3 aliphatic carbocycles. The van der Waals surface area contributed by atoms with Gasteiger partial charge in [0.25, 0.3) is 0 Å². The van der Waals surface area contributed by atoms with Gasteiger partial charge < -0.3 is 0 Å². The monoisotopic (exact) mass is 1700 g/mol. The lowest BCUT2D eigenvalue weighted by molar-refractivity contribution is 0.591. The first-order chi connectivity index (χ1) is 61.8. The van der Waals surface area contributed by atoms with Gasteiger partial charge in [0, 0.05) is 11.8 Å². The molecule has 30 rings (SSSR count). The maximum atomic E-state index is 2.92. The van der Waals surface area contributed by atoms with E-state index in [0.717, 1.165) is 0 Å². The average molecular weight is 1700 g/mol. The highest BCUT2D eigenvalue weighted by atomic mass is 14.5. The maximum Gasteiger partial charge on any atom is 0.0356 e. The molecule has 0 N–H and O–H groups in total. The van der Waals surface area contributed by atoms with Crippen molar-refractivity contribution < 1.29 is 0 Å². The Morgan fingerprint density at radius 3 is 0.386 bits per heavy atom. The molecule has 2 bridgehead atoms. The number of fused-ring (bicyclic) bond motifs is 12. The third-order valence-electron chi connectivity index (χ3n) is 35.1. The summed E-state index contributed by atoms with van der Waals surface area (Å²) in [5.74, 6) is -0.301. The van der Waals surface area contributed by atoms with E-state index in [0.29, 0.717) is 0 Å². The summed E-state index contributed by atoms with van der Waals surface area (Å²) in [4.78, 5) is 0. The molecular formula is C132H118. The second-order valence-electron chi connectivity index (χ2n) is 53.3. The molecule has 27 aromatic carbocycles. The highest BCUT2D eigenvalue weighted by Gasteiger charge is 2.49. The molecule has 0 aliphatic heterocycles. The van der Waals surface area contributed by atoms with Gasteiger partial charge in [-0.05, 0) is 535 Å². The summed E-state index contributed by atoms with van der Waals surface area (Å²) >= 11 is 0. The third kappa shape index (κ3) is 8.91. The first-order valence-corrected chi connectivity index (χ1v) is 49.8. The van der Waals surface area contributed by atoms with E-state index in [9.17, 15) is 0 Å². The minimum Gasteiger partial charge on any atom is -0.0619 e. The van der Waals surface area contributed by atoms with Gasteiger partial charge in [-0.2, -0.15) is 0 Å². The van der Waals surface area contributed by atoms with Crippen LogP contribution in [0.25, 0.3) is 259 Å². The summed E-state index contributed by atoms with van der Waals surface area (Å²) in [5.41, 5.74) is 21.1. The zero-order chi connectivity index (χ0) is 91.5. The van der Waals surface area contributed by atoms with Crippen LogP contribution in [0.2, 0.25) is 0 Å². The minimum absolute atomic E-state index is 0.128. The van der Waals surface area contributed by atoms with Crippen molar-refractivity contribution in [2.75, 3.05) is 0 Å². The third-order valence-corrected chi connectivity index (χ3v) is 35.1. The van der Waals surface area contributed by atoms with Crippen LogP contribution >= 0.6 is 0 Å². The summed E-state index contributed by atoms with van der Waals surface area (Å²) in [7, 11) is 0. The van der Waals surface area contributed by atoms with Crippen LogP contribution in [0, 0.1) is 0 Å². The normalized spacial score (nSPS) is 16.3. The summed E-state index contributed by atoms with van der Waals surface area (Å²) in [5, 5.41) is 68.7. The molecule has 0 spiro atoms. The van der Waals surface area contributed by atoms with E-state index in [1.807, 2.05) is 0 Å². The minimum atomic E-state index is -0.217. The molecule has 2 unspecified atom stereocenters. The van der Waals surface area contributed by atoms with Gasteiger partial charge in [0.15, 0.2) is 0 Å². The molecule has 27 aromatic rings. The molecule has 0 saturated heterocycles. The summed E-state index contributed by atoms with van der Waals surface area (Å²) in [6, 6.07) is 70.1. The lowest BCUT2D eigenvalue weighted by atomic mass is 9.57. The van der Waals surface area contributed by atoms with Gasteiger partial charge >= 0.3 is 0 Å². The van der Waals surface area contributed by atoms with Crippen LogP contribution in [0.5, 0.6) is 0 Å². The van der Waals surface area contributed by atoms with Crippen molar-refractivity contribution >= 4 is 259 Å². The first-order valence-electron chi connectivity index (χ1n) is 49.8. The molecule has 0 nitrogen and oxygen atoms in total. The van der Waals surface area contributed by atoms with Gasteiger partial charge in [0.05, 0.1) is 0 Å². The Balaban J connectivity index is 0.903. The van der Waals surface area contributed by atoms with Crippen molar-refractivity contribution in [2.45, 2.75) is 274 Å². The molecular weight excluding hydrogens is 1590 g/mol. The van der Waals surface area contributed by atoms with Crippen molar-refractivity contribution in [2.24, 2.45) is 0 Å². The van der Waals surface area contributed by atoms with E-state index in [-0.39, 0.29) is 66.0 Å². The fourth-order valence-electron chi connectivity index (χ4n) is 28.2. The lowest BCUT2D eigenvalue weighted by Gasteiger charge is -2.45. The Kier molecular flexibility index (Phi) is 13.3. The van der Waals surface area contributed by atoms with E-state index in [1.54, 1.807) is 0 Å².